The number of hydrogen-bond acceptors (Lipinski definition) is 3. The van der Waals surface area contributed by atoms with Gasteiger partial charge in [-0.1, -0.05) is 12.2 Å². The number of carboxylic acids is 1. The van der Waals surface area contributed by atoms with E-state index in [0.717, 1.165) is 11.3 Å². The highest BCUT2D eigenvalue weighted by molar-refractivity contribution is 5.88. The Bertz CT molecular complexity index is 669. The van der Waals surface area contributed by atoms with Crippen molar-refractivity contribution >= 4 is 11.5 Å². The second-order valence-corrected chi connectivity index (χ2v) is 3.63. The van der Waals surface area contributed by atoms with Crippen molar-refractivity contribution in [2.45, 2.75) is 6.42 Å². The average molecular weight is 212 g/mol. The number of rotatable bonds is 1. The average Bonchev–Trinajstić information content (AvgIpc) is 2.66. The molecule has 0 fully saturated rings. The standard InChI is InChI=1S/C12H8N2O2/c15-12(16)11-10-7-3-1-2-4-8(7)14-9(10)5-6-13-11/h1-2,4-6H,3H2,(H,15,16). The number of fused-ring (bicyclic) bond motifs is 2. The summed E-state index contributed by atoms with van der Waals surface area (Å²) in [6, 6.07) is 1.74. The molecule has 0 bridgehead atoms. The van der Waals surface area contributed by atoms with Crippen LogP contribution in [-0.2, 0) is 0 Å². The summed E-state index contributed by atoms with van der Waals surface area (Å²) in [5, 5.41) is 10.5. The van der Waals surface area contributed by atoms with Crippen molar-refractivity contribution < 1.29 is 9.90 Å². The molecule has 0 unspecified atom stereocenters. The minimum absolute atomic E-state index is 0.0925. The van der Waals surface area contributed by atoms with Crippen LogP contribution in [0.25, 0.3) is 5.57 Å². The highest BCUT2D eigenvalue weighted by Crippen LogP contribution is 2.22. The highest BCUT2D eigenvalue weighted by Gasteiger charge is 2.19. The summed E-state index contributed by atoms with van der Waals surface area (Å²) < 4.78 is 0. The fourth-order valence-electron chi connectivity index (χ4n) is 2.02. The van der Waals surface area contributed by atoms with E-state index < -0.39 is 5.97 Å². The Labute approximate surface area is 91.0 Å². The van der Waals surface area contributed by atoms with Gasteiger partial charge in [0.25, 0.3) is 0 Å². The van der Waals surface area contributed by atoms with Crippen LogP contribution >= 0.6 is 0 Å². The summed E-state index contributed by atoms with van der Waals surface area (Å²) in [6.07, 6.45) is 8.01. The number of pyridine rings is 1. The van der Waals surface area contributed by atoms with Gasteiger partial charge in [-0.05, 0) is 24.1 Å². The lowest BCUT2D eigenvalue weighted by Gasteiger charge is -2.04. The molecule has 0 saturated heterocycles. The first-order valence-corrected chi connectivity index (χ1v) is 4.95. The molecule has 3 rings (SSSR count). The molecule has 4 heteroatoms. The lowest BCUT2D eigenvalue weighted by molar-refractivity contribution is 0.0689. The molecule has 2 aliphatic rings. The Balaban J connectivity index is 2.46. The first kappa shape index (κ1) is 9.03. The van der Waals surface area contributed by atoms with Gasteiger partial charge in [0.05, 0.1) is 11.1 Å². The molecule has 4 nitrogen and oxygen atoms in total. The van der Waals surface area contributed by atoms with Gasteiger partial charge < -0.3 is 5.11 Å². The number of hydrogen-bond donors (Lipinski definition) is 1. The Hall–Kier alpha value is -2.23. The van der Waals surface area contributed by atoms with Crippen LogP contribution in [0.5, 0.6) is 0 Å². The number of carbonyl (C=O) groups is 1. The van der Waals surface area contributed by atoms with E-state index in [1.165, 1.54) is 6.20 Å². The van der Waals surface area contributed by atoms with Gasteiger partial charge in [-0.15, -0.1) is 0 Å². The first-order chi connectivity index (χ1) is 7.77. The van der Waals surface area contributed by atoms with Crippen LogP contribution in [0.1, 0.15) is 16.9 Å². The van der Waals surface area contributed by atoms with Gasteiger partial charge in [0.1, 0.15) is 0 Å². The summed E-state index contributed by atoms with van der Waals surface area (Å²) in [5.74, 6) is -1.00. The predicted octanol–water partition coefficient (Wildman–Crippen LogP) is 0.408. The van der Waals surface area contributed by atoms with Crippen LogP contribution in [-0.4, -0.2) is 16.1 Å². The third-order valence-corrected chi connectivity index (χ3v) is 2.70. The van der Waals surface area contributed by atoms with Crippen LogP contribution < -0.4 is 10.6 Å². The number of aromatic nitrogens is 1. The monoisotopic (exact) mass is 212 g/mol. The second kappa shape index (κ2) is 3.13. The summed E-state index contributed by atoms with van der Waals surface area (Å²) >= 11 is 0. The lowest BCUT2D eigenvalue weighted by atomic mass is 10.0. The van der Waals surface area contributed by atoms with E-state index >= 15 is 0 Å². The number of carboxylic acid groups (broad SMARTS) is 1. The second-order valence-electron chi connectivity index (χ2n) is 3.63. The Kier molecular flexibility index (Phi) is 1.77. The first-order valence-electron chi connectivity index (χ1n) is 4.95. The molecule has 0 saturated carbocycles. The van der Waals surface area contributed by atoms with Crippen LogP contribution in [0.3, 0.4) is 0 Å². The molecule has 0 spiro atoms. The van der Waals surface area contributed by atoms with E-state index in [0.29, 0.717) is 17.0 Å². The van der Waals surface area contributed by atoms with E-state index in [1.807, 2.05) is 18.2 Å². The Morgan fingerprint density at radius 3 is 3.12 bits per heavy atom. The Morgan fingerprint density at radius 2 is 2.31 bits per heavy atom. The van der Waals surface area contributed by atoms with E-state index in [4.69, 9.17) is 5.11 Å². The van der Waals surface area contributed by atoms with Crippen molar-refractivity contribution in [3.8, 4) is 0 Å². The van der Waals surface area contributed by atoms with Crippen molar-refractivity contribution in [2.75, 3.05) is 0 Å². The van der Waals surface area contributed by atoms with E-state index in [1.54, 1.807) is 6.07 Å². The predicted molar refractivity (Wildman–Crippen MR) is 57.2 cm³/mol. The van der Waals surface area contributed by atoms with Gasteiger partial charge in [-0.2, -0.15) is 0 Å². The molecule has 1 aliphatic heterocycles. The van der Waals surface area contributed by atoms with Crippen molar-refractivity contribution in [3.05, 3.63) is 52.5 Å². The van der Waals surface area contributed by atoms with E-state index in [2.05, 4.69) is 9.98 Å². The zero-order chi connectivity index (χ0) is 11.1. The van der Waals surface area contributed by atoms with Crippen LogP contribution in [0.2, 0.25) is 0 Å². The summed E-state index contributed by atoms with van der Waals surface area (Å²) in [4.78, 5) is 19.4. The van der Waals surface area contributed by atoms with Crippen molar-refractivity contribution in [2.24, 2.45) is 4.99 Å². The molecule has 0 amide bonds. The summed E-state index contributed by atoms with van der Waals surface area (Å²) in [7, 11) is 0. The minimum Gasteiger partial charge on any atom is -0.476 e. The maximum Gasteiger partial charge on any atom is 0.355 e. The molecule has 16 heavy (non-hydrogen) atoms. The molecular formula is C12H8N2O2. The number of nitrogens with zero attached hydrogens (tertiary/aromatic N) is 2. The third kappa shape index (κ3) is 1.13. The summed E-state index contributed by atoms with van der Waals surface area (Å²) in [5.41, 5.74) is 1.91. The zero-order valence-electron chi connectivity index (χ0n) is 8.34. The maximum atomic E-state index is 11.1. The van der Waals surface area contributed by atoms with Gasteiger partial charge in [-0.25, -0.2) is 14.8 Å². The van der Waals surface area contributed by atoms with Crippen LogP contribution in [0, 0.1) is 0 Å². The molecule has 1 N–H and O–H groups in total. The normalized spacial score (nSPS) is 16.2. The van der Waals surface area contributed by atoms with Gasteiger partial charge >= 0.3 is 5.97 Å². The largest absolute Gasteiger partial charge is 0.476 e. The third-order valence-electron chi connectivity index (χ3n) is 2.70. The lowest BCUT2D eigenvalue weighted by Crippen LogP contribution is -2.31. The Morgan fingerprint density at radius 1 is 1.44 bits per heavy atom. The van der Waals surface area contributed by atoms with Crippen LogP contribution in [0.15, 0.2) is 41.2 Å². The molecule has 1 aliphatic carbocycles. The maximum absolute atomic E-state index is 11.1. The minimum atomic E-state index is -1.00. The fraction of sp³-hybridized carbons (Fsp3) is 0.0833. The molecule has 0 atom stereocenters. The highest BCUT2D eigenvalue weighted by atomic mass is 16.4. The van der Waals surface area contributed by atoms with Crippen molar-refractivity contribution in [1.82, 2.24) is 4.98 Å². The quantitative estimate of drug-likeness (QED) is 0.733. The molecule has 0 radical (unpaired) electrons. The van der Waals surface area contributed by atoms with Gasteiger partial charge in [0, 0.05) is 11.4 Å². The zero-order valence-corrected chi connectivity index (χ0v) is 8.34. The van der Waals surface area contributed by atoms with E-state index in [-0.39, 0.29) is 5.69 Å². The molecule has 1 aromatic rings. The van der Waals surface area contributed by atoms with Crippen molar-refractivity contribution in [3.63, 3.8) is 0 Å². The molecule has 1 aromatic heterocycles. The number of allylic oxidation sites excluding steroid dienone is 4. The molecular weight excluding hydrogens is 204 g/mol. The smallest absolute Gasteiger partial charge is 0.355 e. The van der Waals surface area contributed by atoms with Gasteiger partial charge in [-0.3, -0.25) is 0 Å². The number of aromatic carboxylic acids is 1. The van der Waals surface area contributed by atoms with Crippen molar-refractivity contribution in [1.29, 1.82) is 0 Å². The molecule has 78 valence electrons. The SMILES string of the molecule is O=C(O)c1nccc2c1=C1CC=CC=C1N=2. The fourth-order valence-corrected chi connectivity index (χ4v) is 2.02. The van der Waals surface area contributed by atoms with Gasteiger partial charge in [0.2, 0.25) is 0 Å². The molecule has 2 heterocycles. The van der Waals surface area contributed by atoms with Crippen LogP contribution in [0.4, 0.5) is 0 Å². The molecule has 0 aromatic carbocycles. The topological polar surface area (TPSA) is 62.5 Å². The van der Waals surface area contributed by atoms with E-state index in [9.17, 15) is 4.79 Å². The summed E-state index contributed by atoms with van der Waals surface area (Å²) in [6.45, 7) is 0. The van der Waals surface area contributed by atoms with Gasteiger partial charge in [0.15, 0.2) is 5.69 Å².